The molecule has 0 aromatic rings. The lowest BCUT2D eigenvalue weighted by atomic mass is 10.2. The number of hydrogen-bond acceptors (Lipinski definition) is 2. The first-order valence-corrected chi connectivity index (χ1v) is 2.92. The molecule has 0 amide bonds. The Labute approximate surface area is 53.6 Å². The molecule has 1 saturated carbocycles. The molecule has 1 aliphatic rings. The van der Waals surface area contributed by atoms with Crippen molar-refractivity contribution in [2.75, 3.05) is 0 Å². The Hall–Kier alpha value is -0.920. The van der Waals surface area contributed by atoms with Crippen molar-refractivity contribution in [3.8, 4) is 0 Å². The third-order valence-corrected chi connectivity index (χ3v) is 1.30. The van der Waals surface area contributed by atoms with Crippen LogP contribution in [0.25, 0.3) is 0 Å². The van der Waals surface area contributed by atoms with Crippen molar-refractivity contribution in [2.24, 2.45) is 5.92 Å². The van der Waals surface area contributed by atoms with Gasteiger partial charge in [-0.3, -0.25) is 9.59 Å². The molecular weight excluding hydrogens is 116 g/mol. The van der Waals surface area contributed by atoms with E-state index in [2.05, 4.69) is 0 Å². The summed E-state index contributed by atoms with van der Waals surface area (Å²) in [5.41, 5.74) is 0. The monoisotopic (exact) mass is 123 g/mol. The number of hydrogen-bond donors (Lipinski definition) is 0. The van der Waals surface area contributed by atoms with E-state index in [-0.39, 0.29) is 11.7 Å². The maximum absolute atomic E-state index is 10.7. The van der Waals surface area contributed by atoms with Gasteiger partial charge in [-0.1, -0.05) is 0 Å². The Morgan fingerprint density at radius 2 is 2.22 bits per heavy atom. The van der Waals surface area contributed by atoms with Crippen LogP contribution in [-0.4, -0.2) is 12.1 Å². The van der Waals surface area contributed by atoms with E-state index < -0.39 is 0 Å². The van der Waals surface area contributed by atoms with Crippen LogP contribution in [0.3, 0.4) is 0 Å². The van der Waals surface area contributed by atoms with Crippen molar-refractivity contribution in [3.05, 3.63) is 12.2 Å². The van der Waals surface area contributed by atoms with Crippen LogP contribution in [0.15, 0.2) is 12.2 Å². The van der Waals surface area contributed by atoms with Crippen LogP contribution in [0, 0.1) is 5.92 Å². The van der Waals surface area contributed by atoms with E-state index >= 15 is 0 Å². The number of carbonyl (C=O) groups excluding carboxylic acids is 2. The number of rotatable bonds is 3. The number of carbonyl (C=O) groups is 1. The summed E-state index contributed by atoms with van der Waals surface area (Å²) in [4.78, 5) is 20.3. The topological polar surface area (TPSA) is 34.1 Å². The summed E-state index contributed by atoms with van der Waals surface area (Å²) in [5, 5.41) is 0. The smallest absolute Gasteiger partial charge is 0.225 e. The molecule has 0 N–H and O–H groups in total. The summed E-state index contributed by atoms with van der Waals surface area (Å²) in [6.45, 7) is 0. The zero-order valence-corrected chi connectivity index (χ0v) is 4.96. The Morgan fingerprint density at radius 3 is 2.67 bits per heavy atom. The van der Waals surface area contributed by atoms with Gasteiger partial charge in [0.2, 0.25) is 6.29 Å². The first-order chi connectivity index (χ1) is 4.34. The predicted molar refractivity (Wildman–Crippen MR) is 32.6 cm³/mol. The molecule has 0 aliphatic heterocycles. The van der Waals surface area contributed by atoms with Gasteiger partial charge in [-0.05, 0) is 25.0 Å². The van der Waals surface area contributed by atoms with E-state index in [9.17, 15) is 9.59 Å². The normalized spacial score (nSPS) is 18.2. The van der Waals surface area contributed by atoms with Gasteiger partial charge in [-0.2, -0.15) is 0 Å². The average Bonchev–Trinajstić information content (AvgIpc) is 2.63. The number of allylic oxidation sites excluding steroid dienone is 2. The lowest BCUT2D eigenvalue weighted by Gasteiger charge is -1.80. The Bertz CT molecular complexity index is 154. The van der Waals surface area contributed by atoms with E-state index in [4.69, 9.17) is 0 Å². The van der Waals surface area contributed by atoms with Crippen LogP contribution in [0.2, 0.25) is 0 Å². The highest BCUT2D eigenvalue weighted by Gasteiger charge is 2.27. The van der Waals surface area contributed by atoms with Crippen molar-refractivity contribution in [1.29, 1.82) is 0 Å². The van der Waals surface area contributed by atoms with Crippen LogP contribution < -0.4 is 0 Å². The van der Waals surface area contributed by atoms with E-state index in [0.717, 1.165) is 18.9 Å². The summed E-state index contributed by atoms with van der Waals surface area (Å²) in [6.07, 6.45) is 5.93. The van der Waals surface area contributed by atoms with Crippen molar-refractivity contribution in [3.63, 3.8) is 0 Å². The second kappa shape index (κ2) is 2.58. The zero-order chi connectivity index (χ0) is 6.69. The Balaban J connectivity index is 2.33. The summed E-state index contributed by atoms with van der Waals surface area (Å²) in [7, 11) is 0. The first kappa shape index (κ1) is 6.20. The average molecular weight is 123 g/mol. The molecule has 0 atom stereocenters. The van der Waals surface area contributed by atoms with Crippen LogP contribution in [0.4, 0.5) is 0 Å². The fourth-order valence-electron chi connectivity index (χ4n) is 0.620. The summed E-state index contributed by atoms with van der Waals surface area (Å²) in [5.74, 6) is 0.285. The quantitative estimate of drug-likeness (QED) is 0.516. The summed E-state index contributed by atoms with van der Waals surface area (Å²) in [6, 6.07) is 0. The minimum atomic E-state index is 0.0679. The lowest BCUT2D eigenvalue weighted by molar-refractivity contribution is -0.115. The Morgan fingerprint density at radius 1 is 1.56 bits per heavy atom. The minimum Gasteiger partial charge on any atom is -0.295 e. The maximum Gasteiger partial charge on any atom is 0.225 e. The SMILES string of the molecule is O=[C]C=CC(=O)C1CC1. The molecule has 0 heterocycles. The lowest BCUT2D eigenvalue weighted by Crippen LogP contribution is -1.93. The Kier molecular flexibility index (Phi) is 1.78. The van der Waals surface area contributed by atoms with Crippen molar-refractivity contribution in [2.45, 2.75) is 12.8 Å². The standard InChI is InChI=1S/C7H7O2/c8-5-1-2-7(9)6-3-4-6/h1-2,6H,3-4H2. The molecular formula is C7H7O2. The molecule has 9 heavy (non-hydrogen) atoms. The van der Waals surface area contributed by atoms with Gasteiger partial charge in [0.25, 0.3) is 0 Å². The third kappa shape index (κ3) is 1.80. The fourth-order valence-corrected chi connectivity index (χ4v) is 0.620. The van der Waals surface area contributed by atoms with Crippen LogP contribution in [0.1, 0.15) is 12.8 Å². The minimum absolute atomic E-state index is 0.0679. The molecule has 1 fully saturated rings. The van der Waals surface area contributed by atoms with Gasteiger partial charge >= 0.3 is 0 Å². The highest BCUT2D eigenvalue weighted by molar-refractivity contribution is 5.95. The van der Waals surface area contributed by atoms with Crippen molar-refractivity contribution < 1.29 is 9.59 Å². The molecule has 0 aromatic heterocycles. The molecule has 1 aliphatic carbocycles. The fraction of sp³-hybridized carbons (Fsp3) is 0.429. The largest absolute Gasteiger partial charge is 0.295 e. The van der Waals surface area contributed by atoms with Crippen molar-refractivity contribution in [1.82, 2.24) is 0 Å². The highest BCUT2D eigenvalue weighted by atomic mass is 16.1. The second-order valence-electron chi connectivity index (χ2n) is 2.13. The molecule has 1 rings (SSSR count). The van der Waals surface area contributed by atoms with Crippen LogP contribution in [-0.2, 0) is 9.59 Å². The van der Waals surface area contributed by atoms with Gasteiger partial charge in [0.15, 0.2) is 5.78 Å². The molecule has 47 valence electrons. The summed E-state index contributed by atoms with van der Waals surface area (Å²) < 4.78 is 0. The van der Waals surface area contributed by atoms with Gasteiger partial charge in [0.1, 0.15) is 0 Å². The number of ketones is 1. The van der Waals surface area contributed by atoms with Gasteiger partial charge in [-0.25, -0.2) is 0 Å². The zero-order valence-electron chi connectivity index (χ0n) is 4.96. The van der Waals surface area contributed by atoms with E-state index in [1.54, 1.807) is 0 Å². The van der Waals surface area contributed by atoms with Crippen molar-refractivity contribution >= 4 is 12.1 Å². The first-order valence-electron chi connectivity index (χ1n) is 2.92. The van der Waals surface area contributed by atoms with Gasteiger partial charge in [-0.15, -0.1) is 0 Å². The second-order valence-corrected chi connectivity index (χ2v) is 2.13. The molecule has 2 heteroatoms. The molecule has 2 nitrogen and oxygen atoms in total. The van der Waals surface area contributed by atoms with Crippen LogP contribution in [0.5, 0.6) is 0 Å². The molecule has 0 spiro atoms. The third-order valence-electron chi connectivity index (χ3n) is 1.30. The maximum atomic E-state index is 10.7. The van der Waals surface area contributed by atoms with Gasteiger partial charge < -0.3 is 0 Å². The highest BCUT2D eigenvalue weighted by Crippen LogP contribution is 2.29. The molecule has 0 saturated heterocycles. The van der Waals surface area contributed by atoms with E-state index in [1.165, 1.54) is 12.4 Å². The molecule has 0 aromatic carbocycles. The molecule has 0 unspecified atom stereocenters. The molecule has 0 bridgehead atoms. The van der Waals surface area contributed by atoms with Gasteiger partial charge in [0, 0.05) is 5.92 Å². The predicted octanol–water partition coefficient (Wildman–Crippen LogP) is 0.631. The van der Waals surface area contributed by atoms with E-state index in [1.807, 2.05) is 0 Å². The van der Waals surface area contributed by atoms with Gasteiger partial charge in [0.05, 0.1) is 0 Å². The summed E-state index contributed by atoms with van der Waals surface area (Å²) >= 11 is 0. The molecule has 1 radical (unpaired) electrons. The van der Waals surface area contributed by atoms with Crippen LogP contribution >= 0.6 is 0 Å². The van der Waals surface area contributed by atoms with E-state index in [0.29, 0.717) is 0 Å².